The molecule has 172 valence electrons. The fraction of sp³-hybridized carbons (Fsp3) is 0.346. The largest absolute Gasteiger partial charge is 0.384 e. The number of aromatic nitrogens is 1. The van der Waals surface area contributed by atoms with Crippen LogP contribution < -0.4 is 5.73 Å². The second-order valence-corrected chi connectivity index (χ2v) is 8.54. The number of aryl methyl sites for hydroxylation is 2. The Bertz CT molecular complexity index is 1160. The van der Waals surface area contributed by atoms with Gasteiger partial charge in [-0.25, -0.2) is 9.98 Å². The number of anilines is 1. The van der Waals surface area contributed by atoms with Crippen LogP contribution in [0, 0.1) is 13.8 Å². The molecule has 2 aliphatic rings. The molecule has 1 aromatic carbocycles. The van der Waals surface area contributed by atoms with Gasteiger partial charge in [-0.3, -0.25) is 4.99 Å². The minimum Gasteiger partial charge on any atom is -0.384 e. The molecule has 2 N–H and O–H groups in total. The predicted octanol–water partition coefficient (Wildman–Crippen LogP) is 3.85. The number of fused-ring (bicyclic) bond motifs is 3. The summed E-state index contributed by atoms with van der Waals surface area (Å²) in [4.78, 5) is 18.5. The number of hydrogen-bond acceptors (Lipinski definition) is 6. The third-order valence-electron chi connectivity index (χ3n) is 6.52. The van der Waals surface area contributed by atoms with Crippen LogP contribution in [0.1, 0.15) is 27.8 Å². The van der Waals surface area contributed by atoms with Crippen LogP contribution in [0.15, 0.2) is 47.0 Å². The van der Waals surface area contributed by atoms with Crippen molar-refractivity contribution in [2.75, 3.05) is 45.8 Å². The zero-order valence-corrected chi connectivity index (χ0v) is 19.8. The van der Waals surface area contributed by atoms with E-state index in [0.29, 0.717) is 5.82 Å². The van der Waals surface area contributed by atoms with Crippen LogP contribution in [0.3, 0.4) is 0 Å². The van der Waals surface area contributed by atoms with Crippen molar-refractivity contribution in [3.8, 4) is 11.3 Å². The maximum absolute atomic E-state index is 6.08. The average molecular weight is 445 g/mol. The van der Waals surface area contributed by atoms with E-state index in [4.69, 9.17) is 15.5 Å². The van der Waals surface area contributed by atoms with Crippen molar-refractivity contribution in [3.63, 3.8) is 0 Å². The maximum Gasteiger partial charge on any atom is 0.139 e. The molecule has 0 atom stereocenters. The summed E-state index contributed by atoms with van der Waals surface area (Å²) in [5, 5.41) is 0. The van der Waals surface area contributed by atoms with Gasteiger partial charge >= 0.3 is 0 Å². The van der Waals surface area contributed by atoms with E-state index >= 15 is 0 Å². The van der Waals surface area contributed by atoms with E-state index in [2.05, 4.69) is 59.6 Å². The Morgan fingerprint density at radius 2 is 1.85 bits per heavy atom. The Kier molecular flexibility index (Phi) is 6.33. The summed E-state index contributed by atoms with van der Waals surface area (Å²) in [6, 6.07) is 4.09. The summed E-state index contributed by atoms with van der Waals surface area (Å²) in [5.74, 6) is 1.42. The van der Waals surface area contributed by atoms with Gasteiger partial charge in [-0.1, -0.05) is 13.2 Å². The molecule has 33 heavy (non-hydrogen) atoms. The SMILES string of the molecule is C=CC(=C)N1CCN(/C(=N/COC)c2cc(C)c3c(c2N=C)Cc2c(C)cc(N)nc2-3)CC1. The molecule has 0 amide bonds. The lowest BCUT2D eigenvalue weighted by atomic mass is 9.96. The number of methoxy groups -OCH3 is 1. The predicted molar refractivity (Wildman–Crippen MR) is 136 cm³/mol. The first-order chi connectivity index (χ1) is 15.9. The Balaban J connectivity index is 1.78. The van der Waals surface area contributed by atoms with Crippen LogP contribution in [-0.4, -0.2) is 67.4 Å². The van der Waals surface area contributed by atoms with Crippen molar-refractivity contribution >= 4 is 24.1 Å². The lowest BCUT2D eigenvalue weighted by Crippen LogP contribution is -2.48. The van der Waals surface area contributed by atoms with Crippen molar-refractivity contribution < 1.29 is 4.74 Å². The highest BCUT2D eigenvalue weighted by Gasteiger charge is 2.31. The summed E-state index contributed by atoms with van der Waals surface area (Å²) < 4.78 is 5.32. The molecule has 2 aromatic rings. The van der Waals surface area contributed by atoms with Crippen molar-refractivity contribution in [1.29, 1.82) is 0 Å². The molecule has 1 saturated heterocycles. The molecule has 7 nitrogen and oxygen atoms in total. The quantitative estimate of drug-likeness (QED) is 0.355. The van der Waals surface area contributed by atoms with Crippen molar-refractivity contribution in [2.24, 2.45) is 9.98 Å². The molecule has 0 spiro atoms. The number of nitrogen functional groups attached to an aromatic ring is 1. The Morgan fingerprint density at radius 3 is 2.48 bits per heavy atom. The van der Waals surface area contributed by atoms with E-state index in [-0.39, 0.29) is 6.73 Å². The topological polar surface area (TPSA) is 79.3 Å². The van der Waals surface area contributed by atoms with Gasteiger partial charge in [-0.2, -0.15) is 0 Å². The number of hydrogen-bond donors (Lipinski definition) is 1. The van der Waals surface area contributed by atoms with E-state index in [0.717, 1.165) is 83.3 Å². The molecule has 1 aliphatic carbocycles. The molecule has 0 bridgehead atoms. The summed E-state index contributed by atoms with van der Waals surface area (Å²) in [6.45, 7) is 19.7. The number of ether oxygens (including phenoxy) is 1. The number of rotatable bonds is 6. The van der Waals surface area contributed by atoms with Gasteiger partial charge in [-0.15, -0.1) is 0 Å². The molecule has 4 rings (SSSR count). The van der Waals surface area contributed by atoms with E-state index in [1.165, 1.54) is 5.56 Å². The number of nitrogens with zero attached hydrogens (tertiary/aromatic N) is 5. The molecule has 1 aromatic heterocycles. The Hall–Kier alpha value is -3.45. The van der Waals surface area contributed by atoms with Crippen molar-refractivity contribution in [2.45, 2.75) is 20.3 Å². The normalized spacial score (nSPS) is 15.3. The first-order valence-corrected chi connectivity index (χ1v) is 11.1. The van der Waals surface area contributed by atoms with Gasteiger partial charge in [0.25, 0.3) is 0 Å². The molecular weight excluding hydrogens is 412 g/mol. The number of aliphatic imine (C=N–C) groups is 2. The van der Waals surface area contributed by atoms with Gasteiger partial charge in [0.05, 0.1) is 11.4 Å². The molecule has 0 radical (unpaired) electrons. The molecular formula is C26H32N6O. The lowest BCUT2D eigenvalue weighted by Gasteiger charge is -2.38. The summed E-state index contributed by atoms with van der Waals surface area (Å²) in [5.41, 5.74) is 15.6. The minimum absolute atomic E-state index is 0.277. The molecule has 0 unspecified atom stereocenters. The molecule has 0 saturated carbocycles. The average Bonchev–Trinajstić information content (AvgIpc) is 3.19. The van der Waals surface area contributed by atoms with Crippen LogP contribution in [-0.2, 0) is 11.2 Å². The molecule has 7 heteroatoms. The summed E-state index contributed by atoms with van der Waals surface area (Å²) in [7, 11) is 1.66. The summed E-state index contributed by atoms with van der Waals surface area (Å²) in [6.07, 6.45) is 2.57. The molecule has 2 heterocycles. The number of nitrogens with two attached hydrogens (primary N) is 1. The van der Waals surface area contributed by atoms with Crippen molar-refractivity contribution in [3.05, 3.63) is 64.9 Å². The summed E-state index contributed by atoms with van der Waals surface area (Å²) >= 11 is 0. The minimum atomic E-state index is 0.277. The third-order valence-corrected chi connectivity index (χ3v) is 6.52. The van der Waals surface area contributed by atoms with Crippen LogP contribution >= 0.6 is 0 Å². The zero-order chi connectivity index (χ0) is 23.7. The van der Waals surface area contributed by atoms with Crippen LogP contribution in [0.25, 0.3) is 11.3 Å². The van der Waals surface area contributed by atoms with Crippen LogP contribution in [0.2, 0.25) is 0 Å². The van der Waals surface area contributed by atoms with Gasteiger partial charge in [0.2, 0.25) is 0 Å². The smallest absolute Gasteiger partial charge is 0.139 e. The van der Waals surface area contributed by atoms with E-state index in [9.17, 15) is 0 Å². The second kappa shape index (κ2) is 9.19. The van der Waals surface area contributed by atoms with E-state index in [1.54, 1.807) is 13.2 Å². The fourth-order valence-corrected chi connectivity index (χ4v) is 4.88. The van der Waals surface area contributed by atoms with E-state index < -0.39 is 0 Å². The number of pyridine rings is 1. The van der Waals surface area contributed by atoms with Gasteiger partial charge in [0.1, 0.15) is 18.4 Å². The first-order valence-electron chi connectivity index (χ1n) is 11.1. The highest BCUT2D eigenvalue weighted by Crippen LogP contribution is 2.45. The number of allylic oxidation sites excluding steroid dienone is 1. The zero-order valence-electron chi connectivity index (χ0n) is 19.8. The molecule has 1 fully saturated rings. The monoisotopic (exact) mass is 444 g/mol. The van der Waals surface area contributed by atoms with Gasteiger partial charge < -0.3 is 20.3 Å². The van der Waals surface area contributed by atoms with Crippen LogP contribution in [0.4, 0.5) is 11.5 Å². The first kappa shape index (κ1) is 22.7. The third kappa shape index (κ3) is 4.04. The second-order valence-electron chi connectivity index (χ2n) is 8.54. The maximum atomic E-state index is 6.08. The lowest BCUT2D eigenvalue weighted by molar-refractivity contribution is 0.201. The van der Waals surface area contributed by atoms with Crippen LogP contribution in [0.5, 0.6) is 0 Å². The fourth-order valence-electron chi connectivity index (χ4n) is 4.88. The Morgan fingerprint density at radius 1 is 1.15 bits per heavy atom. The highest BCUT2D eigenvalue weighted by molar-refractivity contribution is 6.06. The number of piperazine rings is 1. The number of amidine groups is 1. The van der Waals surface area contributed by atoms with Gasteiger partial charge in [-0.05, 0) is 61.0 Å². The van der Waals surface area contributed by atoms with Gasteiger partial charge in [0.15, 0.2) is 0 Å². The highest BCUT2D eigenvalue weighted by atomic mass is 16.5. The number of benzene rings is 1. The Labute approximate surface area is 196 Å². The van der Waals surface area contributed by atoms with Crippen molar-refractivity contribution in [1.82, 2.24) is 14.8 Å². The van der Waals surface area contributed by atoms with Gasteiger partial charge in [0, 0.05) is 56.5 Å². The standard InChI is InChI=1S/C26H32N6O/c1-7-18(4)31-8-10-32(11-9-31)26(29-15-33-6)21-12-17(3)23-20(24(21)28-5)14-19-16(2)13-22(27)30-25(19)23/h7,12-13H,1,4-5,8-11,14-15H2,2-3,6H3,(H2,27,30)/b29-26+. The van der Waals surface area contributed by atoms with E-state index in [1.807, 2.05) is 6.07 Å². The molecule has 1 aliphatic heterocycles.